The lowest BCUT2D eigenvalue weighted by Gasteiger charge is -2.17. The van der Waals surface area contributed by atoms with Crippen molar-refractivity contribution in [3.63, 3.8) is 0 Å². The molecule has 22 heteroatoms. The molecule has 0 spiro atoms. The van der Waals surface area contributed by atoms with E-state index in [1.807, 2.05) is 29.9 Å². The van der Waals surface area contributed by atoms with E-state index in [9.17, 15) is 28.8 Å². The minimum atomic E-state index is -1.26. The van der Waals surface area contributed by atoms with Crippen LogP contribution in [-0.4, -0.2) is 133 Å². The van der Waals surface area contributed by atoms with Gasteiger partial charge in [0.15, 0.2) is 5.65 Å². The van der Waals surface area contributed by atoms with Gasteiger partial charge in [-0.15, -0.1) is 11.3 Å². The number of anilines is 2. The Morgan fingerprint density at radius 1 is 0.759 bits per heavy atom. The zero-order valence-corrected chi connectivity index (χ0v) is 28.9. The molecule has 21 nitrogen and oxygen atoms in total. The molecule has 0 amide bonds. The van der Waals surface area contributed by atoms with Gasteiger partial charge in [-0.3, -0.25) is 9.47 Å². The number of pyridine rings is 1. The van der Waals surface area contributed by atoms with Crippen LogP contribution in [0.5, 0.6) is 0 Å². The first kappa shape index (κ1) is 43.1. The third kappa shape index (κ3) is 18.2. The maximum Gasteiger partial charge on any atom is 0.328 e. The summed E-state index contributed by atoms with van der Waals surface area (Å²) >= 11 is 1.60. The number of aromatic nitrogens is 6. The molecule has 4 aromatic heterocycles. The SMILES string of the molecule is O=C(O)C=CC(=O)O.O=C(O)C=CC(=O)O.O=C(O)C=CC(=O)O.c1cnc(NCCN2CCC(Nc3nc4cccnc4n3Cc3cscn3)C2)nc1. The molecule has 1 unspecified atom stereocenters. The normalized spacial score (nSPS) is 13.6. The first-order chi connectivity index (χ1) is 25.7. The fourth-order valence-corrected chi connectivity index (χ4v) is 4.73. The molecule has 54 heavy (non-hydrogen) atoms. The van der Waals surface area contributed by atoms with E-state index in [-0.39, 0.29) is 0 Å². The minimum absolute atomic E-state index is 0.351. The number of carboxylic acid groups (broad SMARTS) is 6. The minimum Gasteiger partial charge on any atom is -0.478 e. The molecule has 286 valence electrons. The number of nitrogens with zero attached hydrogens (tertiary/aromatic N) is 7. The number of aliphatic carboxylic acids is 6. The molecule has 0 saturated carbocycles. The van der Waals surface area contributed by atoms with Crippen molar-refractivity contribution in [3.05, 3.63) is 89.8 Å². The zero-order valence-electron chi connectivity index (χ0n) is 28.1. The van der Waals surface area contributed by atoms with Crippen LogP contribution in [0.2, 0.25) is 0 Å². The number of carboxylic acids is 6. The molecule has 0 bridgehead atoms. The fraction of sp³-hybridized carbons (Fsp3) is 0.219. The van der Waals surface area contributed by atoms with Crippen LogP contribution in [0.4, 0.5) is 11.9 Å². The number of likely N-dealkylation sites (tertiary alicyclic amines) is 1. The van der Waals surface area contributed by atoms with Crippen molar-refractivity contribution in [1.82, 2.24) is 34.4 Å². The van der Waals surface area contributed by atoms with Crippen LogP contribution in [0.15, 0.2) is 84.1 Å². The summed E-state index contributed by atoms with van der Waals surface area (Å²) in [5.74, 6) is -6.01. The van der Waals surface area contributed by atoms with Crippen molar-refractivity contribution in [2.24, 2.45) is 0 Å². The number of nitrogens with one attached hydrogen (secondary N) is 2. The van der Waals surface area contributed by atoms with Crippen molar-refractivity contribution in [2.45, 2.75) is 19.0 Å². The van der Waals surface area contributed by atoms with Gasteiger partial charge in [0.05, 0.1) is 17.7 Å². The summed E-state index contributed by atoms with van der Waals surface area (Å²) in [5, 5.41) is 55.9. The number of imidazole rings is 1. The van der Waals surface area contributed by atoms with Crippen molar-refractivity contribution < 1.29 is 59.4 Å². The highest BCUT2D eigenvalue weighted by Gasteiger charge is 2.24. The molecule has 5 heterocycles. The van der Waals surface area contributed by atoms with Gasteiger partial charge in [-0.2, -0.15) is 0 Å². The number of thiazole rings is 1. The van der Waals surface area contributed by atoms with Gasteiger partial charge in [0.1, 0.15) is 5.52 Å². The summed E-state index contributed by atoms with van der Waals surface area (Å²) in [4.78, 5) is 81.9. The lowest BCUT2D eigenvalue weighted by molar-refractivity contribution is -0.134. The predicted molar refractivity (Wildman–Crippen MR) is 191 cm³/mol. The monoisotopic (exact) mass is 769 g/mol. The average molecular weight is 770 g/mol. The van der Waals surface area contributed by atoms with Gasteiger partial charge >= 0.3 is 35.8 Å². The molecular formula is C32H35N9O12S. The van der Waals surface area contributed by atoms with E-state index in [1.165, 1.54) is 0 Å². The summed E-state index contributed by atoms with van der Waals surface area (Å²) < 4.78 is 2.13. The van der Waals surface area contributed by atoms with Crippen molar-refractivity contribution in [2.75, 3.05) is 36.8 Å². The Morgan fingerprint density at radius 3 is 1.80 bits per heavy atom. The Bertz CT molecular complexity index is 1800. The van der Waals surface area contributed by atoms with Crippen molar-refractivity contribution in [3.8, 4) is 0 Å². The smallest absolute Gasteiger partial charge is 0.328 e. The van der Waals surface area contributed by atoms with Crippen LogP contribution in [0, 0.1) is 0 Å². The number of hydrogen-bond donors (Lipinski definition) is 8. The Hall–Kier alpha value is -7.07. The quantitative estimate of drug-likeness (QED) is 0.0841. The number of carbonyl (C=O) groups is 6. The van der Waals surface area contributed by atoms with Gasteiger partial charge in [0, 0.05) is 92.6 Å². The summed E-state index contributed by atoms with van der Waals surface area (Å²) in [6, 6.07) is 6.10. The highest BCUT2D eigenvalue weighted by Crippen LogP contribution is 2.22. The molecule has 1 fully saturated rings. The summed E-state index contributed by atoms with van der Waals surface area (Å²) in [6.07, 6.45) is 9.73. The first-order valence-corrected chi connectivity index (χ1v) is 16.3. The molecule has 1 atom stereocenters. The lowest BCUT2D eigenvalue weighted by atomic mass is 10.3. The molecule has 0 aromatic carbocycles. The third-order valence-corrected chi connectivity index (χ3v) is 6.93. The predicted octanol–water partition coefficient (Wildman–Crippen LogP) is 1.46. The molecular weight excluding hydrogens is 734 g/mol. The highest BCUT2D eigenvalue weighted by molar-refractivity contribution is 7.07. The molecule has 0 radical (unpaired) electrons. The van der Waals surface area contributed by atoms with Gasteiger partial charge in [-0.25, -0.2) is 53.7 Å². The average Bonchev–Trinajstić information content (AvgIpc) is 3.89. The van der Waals surface area contributed by atoms with Gasteiger partial charge in [-0.1, -0.05) is 0 Å². The van der Waals surface area contributed by atoms with Crippen LogP contribution in [0.3, 0.4) is 0 Å². The topological polar surface area (TPSA) is 320 Å². The maximum absolute atomic E-state index is 9.55. The molecule has 4 aromatic rings. The largest absolute Gasteiger partial charge is 0.478 e. The van der Waals surface area contributed by atoms with Crippen molar-refractivity contribution >= 4 is 70.2 Å². The second kappa shape index (κ2) is 23.4. The van der Waals surface area contributed by atoms with E-state index >= 15 is 0 Å². The molecule has 0 aliphatic carbocycles. The van der Waals surface area contributed by atoms with Crippen LogP contribution in [0.1, 0.15) is 12.1 Å². The summed E-state index contributed by atoms with van der Waals surface area (Å²) in [5.41, 5.74) is 4.67. The Kier molecular flexibility index (Phi) is 18.7. The number of hydrogen-bond acceptors (Lipinski definition) is 15. The molecule has 1 aliphatic rings. The van der Waals surface area contributed by atoms with E-state index in [0.29, 0.717) is 55.0 Å². The number of rotatable bonds is 14. The zero-order chi connectivity index (χ0) is 39.9. The summed E-state index contributed by atoms with van der Waals surface area (Å²) in [7, 11) is 0. The maximum atomic E-state index is 9.55. The molecule has 8 N–H and O–H groups in total. The third-order valence-electron chi connectivity index (χ3n) is 6.30. The van der Waals surface area contributed by atoms with E-state index < -0.39 is 35.8 Å². The molecule has 1 saturated heterocycles. The lowest BCUT2D eigenvalue weighted by Crippen LogP contribution is -2.31. The van der Waals surface area contributed by atoms with E-state index in [4.69, 9.17) is 35.6 Å². The van der Waals surface area contributed by atoms with Gasteiger partial charge in [0.2, 0.25) is 11.9 Å². The van der Waals surface area contributed by atoms with Gasteiger partial charge < -0.3 is 41.3 Å². The number of fused-ring (bicyclic) bond motifs is 1. The fourth-order valence-electron chi connectivity index (χ4n) is 4.18. The first-order valence-electron chi connectivity index (χ1n) is 15.3. The van der Waals surface area contributed by atoms with E-state index in [2.05, 4.69) is 45.4 Å². The van der Waals surface area contributed by atoms with E-state index in [0.717, 1.165) is 55.4 Å². The van der Waals surface area contributed by atoms with Crippen LogP contribution >= 0.6 is 11.3 Å². The van der Waals surface area contributed by atoms with Crippen molar-refractivity contribution in [1.29, 1.82) is 0 Å². The van der Waals surface area contributed by atoms with Crippen LogP contribution in [0.25, 0.3) is 11.2 Å². The second-order valence-electron chi connectivity index (χ2n) is 10.3. The highest BCUT2D eigenvalue weighted by atomic mass is 32.1. The van der Waals surface area contributed by atoms with Gasteiger partial charge in [-0.05, 0) is 24.6 Å². The molecule has 5 rings (SSSR count). The molecule has 1 aliphatic heterocycles. The van der Waals surface area contributed by atoms with E-state index in [1.54, 1.807) is 23.7 Å². The second-order valence-corrected chi connectivity index (χ2v) is 11.0. The Balaban J connectivity index is 0.000000343. The Morgan fingerprint density at radius 2 is 1.30 bits per heavy atom. The van der Waals surface area contributed by atoms with Crippen LogP contribution < -0.4 is 10.6 Å². The van der Waals surface area contributed by atoms with Gasteiger partial charge in [0.25, 0.3) is 0 Å². The van der Waals surface area contributed by atoms with Crippen LogP contribution in [-0.2, 0) is 35.3 Å². The summed E-state index contributed by atoms with van der Waals surface area (Å²) in [6.45, 7) is 4.47. The standard InChI is InChI=1S/C20H23N9S.3C4H4O4/c1-3-17-18(21-5-1)29(12-16-13-30-14-25-16)20(27-17)26-15-4-9-28(11-15)10-8-24-19-22-6-2-7-23-19;3*5-3(6)1-2-4(7)8/h1-3,5-7,13-15H,4,8-12H2,(H,26,27)(H,22,23,24);3*1-2H,(H,5,6)(H,7,8). The Labute approximate surface area is 309 Å².